The molecule has 3 rings (SSSR count). The van der Waals surface area contributed by atoms with Crippen molar-refractivity contribution in [3.05, 3.63) is 40.6 Å². The van der Waals surface area contributed by atoms with Crippen LogP contribution in [0.25, 0.3) is 11.1 Å². The Morgan fingerprint density at radius 2 is 2.38 bits per heavy atom. The van der Waals surface area contributed by atoms with Gasteiger partial charge in [0.1, 0.15) is 0 Å². The number of hydrogen-bond donors (Lipinski definition) is 0. The Kier molecular flexibility index (Phi) is 2.53. The molecular formula is C12H11BrN2O. The topological polar surface area (TPSA) is 26.5 Å². The Labute approximate surface area is 102 Å². The van der Waals surface area contributed by atoms with Crippen molar-refractivity contribution in [1.82, 2.24) is 9.61 Å². The smallest absolute Gasteiger partial charge is 0.0747 e. The molecule has 16 heavy (non-hydrogen) atoms. The lowest BCUT2D eigenvalue weighted by Gasteiger charge is -2.12. The van der Waals surface area contributed by atoms with Crippen molar-refractivity contribution in [2.75, 3.05) is 13.2 Å². The zero-order valence-electron chi connectivity index (χ0n) is 8.69. The van der Waals surface area contributed by atoms with E-state index in [1.807, 2.05) is 23.0 Å². The summed E-state index contributed by atoms with van der Waals surface area (Å²) in [4.78, 5) is 0. The van der Waals surface area contributed by atoms with Gasteiger partial charge in [-0.05, 0) is 24.1 Å². The van der Waals surface area contributed by atoms with Crippen LogP contribution in [0.15, 0.2) is 35.1 Å². The van der Waals surface area contributed by atoms with Gasteiger partial charge in [-0.3, -0.25) is 0 Å². The third kappa shape index (κ3) is 1.68. The first-order chi connectivity index (χ1) is 7.84. The van der Waals surface area contributed by atoms with E-state index >= 15 is 0 Å². The highest BCUT2D eigenvalue weighted by Crippen LogP contribution is 2.26. The van der Waals surface area contributed by atoms with Crippen LogP contribution in [0.4, 0.5) is 0 Å². The highest BCUT2D eigenvalue weighted by atomic mass is 79.9. The first kappa shape index (κ1) is 10.1. The molecule has 1 aliphatic heterocycles. The summed E-state index contributed by atoms with van der Waals surface area (Å²) in [7, 11) is 0. The maximum absolute atomic E-state index is 5.32. The standard InChI is InChI=1S/C12H11BrN2O/c13-10-1-4-15-12(7-10)11(8-14-15)9-2-5-16-6-3-9/h1-2,4,7-8H,3,5-6H2. The molecule has 0 aromatic carbocycles. The van der Waals surface area contributed by atoms with Crippen molar-refractivity contribution in [2.45, 2.75) is 6.42 Å². The largest absolute Gasteiger partial charge is 0.377 e. The van der Waals surface area contributed by atoms with Crippen LogP contribution in [-0.4, -0.2) is 22.8 Å². The molecule has 0 unspecified atom stereocenters. The highest BCUT2D eigenvalue weighted by Gasteiger charge is 2.11. The normalized spacial score (nSPS) is 16.4. The minimum Gasteiger partial charge on any atom is -0.377 e. The van der Waals surface area contributed by atoms with Crippen molar-refractivity contribution in [3.8, 4) is 0 Å². The lowest BCUT2D eigenvalue weighted by molar-refractivity contribution is 0.161. The molecule has 0 N–H and O–H groups in total. The number of ether oxygens (including phenoxy) is 1. The zero-order valence-corrected chi connectivity index (χ0v) is 10.3. The fourth-order valence-corrected chi connectivity index (χ4v) is 2.31. The molecule has 2 aromatic rings. The molecule has 2 aromatic heterocycles. The summed E-state index contributed by atoms with van der Waals surface area (Å²) in [6.45, 7) is 1.51. The predicted molar refractivity (Wildman–Crippen MR) is 66.3 cm³/mol. The van der Waals surface area contributed by atoms with Crippen LogP contribution in [0, 0.1) is 0 Å². The minimum atomic E-state index is 0.709. The summed E-state index contributed by atoms with van der Waals surface area (Å²) < 4.78 is 8.30. The van der Waals surface area contributed by atoms with E-state index in [4.69, 9.17) is 4.74 Å². The molecule has 0 aliphatic carbocycles. The Bertz CT molecular complexity index is 559. The molecular weight excluding hydrogens is 268 g/mol. The zero-order chi connectivity index (χ0) is 11.0. The maximum atomic E-state index is 5.32. The van der Waals surface area contributed by atoms with E-state index in [2.05, 4.69) is 33.2 Å². The first-order valence-corrected chi connectivity index (χ1v) is 6.04. The van der Waals surface area contributed by atoms with E-state index in [9.17, 15) is 0 Å². The van der Waals surface area contributed by atoms with Gasteiger partial charge in [-0.15, -0.1) is 0 Å². The Morgan fingerprint density at radius 1 is 1.44 bits per heavy atom. The van der Waals surface area contributed by atoms with Gasteiger partial charge in [0.15, 0.2) is 0 Å². The first-order valence-electron chi connectivity index (χ1n) is 5.24. The highest BCUT2D eigenvalue weighted by molar-refractivity contribution is 9.10. The lowest BCUT2D eigenvalue weighted by atomic mass is 10.0. The van der Waals surface area contributed by atoms with Crippen molar-refractivity contribution in [2.24, 2.45) is 0 Å². The van der Waals surface area contributed by atoms with Gasteiger partial charge in [-0.1, -0.05) is 22.0 Å². The molecule has 0 fully saturated rings. The Hall–Kier alpha value is -1.13. The van der Waals surface area contributed by atoms with Gasteiger partial charge in [0.2, 0.25) is 0 Å². The second-order valence-corrected chi connectivity index (χ2v) is 4.70. The van der Waals surface area contributed by atoms with Gasteiger partial charge in [-0.25, -0.2) is 4.52 Å². The van der Waals surface area contributed by atoms with Crippen molar-refractivity contribution in [3.63, 3.8) is 0 Å². The SMILES string of the molecule is Brc1ccn2ncc(C3=CCOCC3)c2c1. The number of nitrogens with zero attached hydrogens (tertiary/aromatic N) is 2. The van der Waals surface area contributed by atoms with Crippen LogP contribution in [-0.2, 0) is 4.74 Å². The van der Waals surface area contributed by atoms with Gasteiger partial charge in [0.25, 0.3) is 0 Å². The fourth-order valence-electron chi connectivity index (χ4n) is 1.97. The second kappa shape index (κ2) is 4.03. The second-order valence-electron chi connectivity index (χ2n) is 3.79. The van der Waals surface area contributed by atoms with Gasteiger partial charge < -0.3 is 4.74 Å². The van der Waals surface area contributed by atoms with Crippen molar-refractivity contribution in [1.29, 1.82) is 0 Å². The molecule has 0 bridgehead atoms. The van der Waals surface area contributed by atoms with E-state index in [1.165, 1.54) is 11.1 Å². The Morgan fingerprint density at radius 3 is 3.19 bits per heavy atom. The molecule has 3 nitrogen and oxygen atoms in total. The van der Waals surface area contributed by atoms with Crippen LogP contribution in [0.1, 0.15) is 12.0 Å². The van der Waals surface area contributed by atoms with E-state index in [-0.39, 0.29) is 0 Å². The minimum absolute atomic E-state index is 0.709. The quantitative estimate of drug-likeness (QED) is 0.802. The molecule has 0 atom stereocenters. The molecule has 3 heterocycles. The fraction of sp³-hybridized carbons (Fsp3) is 0.250. The molecule has 1 aliphatic rings. The number of halogens is 1. The number of pyridine rings is 1. The molecule has 0 spiro atoms. The monoisotopic (exact) mass is 278 g/mol. The van der Waals surface area contributed by atoms with Crippen LogP contribution < -0.4 is 0 Å². The van der Waals surface area contributed by atoms with Gasteiger partial charge >= 0.3 is 0 Å². The van der Waals surface area contributed by atoms with E-state index < -0.39 is 0 Å². The van der Waals surface area contributed by atoms with Crippen molar-refractivity contribution < 1.29 is 4.74 Å². The summed E-state index contributed by atoms with van der Waals surface area (Å²) in [5, 5.41) is 4.35. The molecule has 0 saturated carbocycles. The van der Waals surface area contributed by atoms with Crippen LogP contribution >= 0.6 is 15.9 Å². The molecule has 0 saturated heterocycles. The summed E-state index contributed by atoms with van der Waals surface area (Å²) in [6.07, 6.45) is 7.00. The number of fused-ring (bicyclic) bond motifs is 1. The summed E-state index contributed by atoms with van der Waals surface area (Å²) in [5.74, 6) is 0. The molecule has 0 amide bonds. The van der Waals surface area contributed by atoms with E-state index in [0.29, 0.717) is 6.61 Å². The van der Waals surface area contributed by atoms with Crippen LogP contribution in [0.3, 0.4) is 0 Å². The average molecular weight is 279 g/mol. The number of hydrogen-bond acceptors (Lipinski definition) is 2. The van der Waals surface area contributed by atoms with Gasteiger partial charge in [0, 0.05) is 16.2 Å². The number of rotatable bonds is 1. The average Bonchev–Trinajstić information content (AvgIpc) is 2.73. The third-order valence-electron chi connectivity index (χ3n) is 2.79. The third-order valence-corrected chi connectivity index (χ3v) is 3.29. The Balaban J connectivity index is 2.16. The summed E-state index contributed by atoms with van der Waals surface area (Å²) in [5.41, 5.74) is 3.69. The predicted octanol–water partition coefficient (Wildman–Crippen LogP) is 2.90. The lowest BCUT2D eigenvalue weighted by Crippen LogP contribution is -2.03. The van der Waals surface area contributed by atoms with Gasteiger partial charge in [0.05, 0.1) is 24.9 Å². The molecule has 82 valence electrons. The molecule has 4 heteroatoms. The van der Waals surface area contributed by atoms with E-state index in [0.717, 1.165) is 23.0 Å². The van der Waals surface area contributed by atoms with Crippen LogP contribution in [0.5, 0.6) is 0 Å². The maximum Gasteiger partial charge on any atom is 0.0747 e. The molecule has 0 radical (unpaired) electrons. The van der Waals surface area contributed by atoms with E-state index in [1.54, 1.807) is 0 Å². The number of aromatic nitrogens is 2. The summed E-state index contributed by atoms with van der Waals surface area (Å²) in [6, 6.07) is 4.08. The van der Waals surface area contributed by atoms with Gasteiger partial charge in [-0.2, -0.15) is 5.10 Å². The van der Waals surface area contributed by atoms with Crippen molar-refractivity contribution >= 4 is 27.0 Å². The van der Waals surface area contributed by atoms with Crippen LogP contribution in [0.2, 0.25) is 0 Å². The summed E-state index contributed by atoms with van der Waals surface area (Å²) >= 11 is 3.49.